The monoisotopic (exact) mass is 312 g/mol. The molecule has 1 amide bonds. The third-order valence-corrected chi connectivity index (χ3v) is 4.52. The minimum absolute atomic E-state index is 0.166. The zero-order valence-corrected chi connectivity index (χ0v) is 13.0. The molecule has 0 saturated carbocycles. The Morgan fingerprint density at radius 2 is 2.09 bits per heavy atom. The number of nitrogens with one attached hydrogen (secondary N) is 1. The van der Waals surface area contributed by atoms with E-state index < -0.39 is 0 Å². The van der Waals surface area contributed by atoms with E-state index in [9.17, 15) is 4.79 Å². The third-order valence-electron chi connectivity index (χ3n) is 4.52. The highest BCUT2D eigenvalue weighted by atomic mass is 16.6. The van der Waals surface area contributed by atoms with E-state index in [-0.39, 0.29) is 11.9 Å². The van der Waals surface area contributed by atoms with Gasteiger partial charge in [0.15, 0.2) is 11.5 Å². The first kappa shape index (κ1) is 14.2. The van der Waals surface area contributed by atoms with Gasteiger partial charge in [0.25, 0.3) is 0 Å². The summed E-state index contributed by atoms with van der Waals surface area (Å²) in [6.07, 6.45) is 4.38. The molecule has 1 atom stereocenters. The van der Waals surface area contributed by atoms with E-state index in [0.717, 1.165) is 42.1 Å². The number of nitrogens with zero attached hydrogens (tertiary/aromatic N) is 1. The number of likely N-dealkylation sites (tertiary alicyclic amines) is 1. The van der Waals surface area contributed by atoms with Gasteiger partial charge in [0.2, 0.25) is 5.91 Å². The largest absolute Gasteiger partial charge is 0.486 e. The number of ether oxygens (including phenoxy) is 2. The van der Waals surface area contributed by atoms with Crippen LogP contribution in [-0.2, 0) is 11.2 Å². The lowest BCUT2D eigenvalue weighted by atomic mass is 10.1. The predicted octanol–water partition coefficient (Wildman–Crippen LogP) is 2.69. The van der Waals surface area contributed by atoms with Gasteiger partial charge in [0.1, 0.15) is 13.2 Å². The molecule has 0 radical (unpaired) electrons. The summed E-state index contributed by atoms with van der Waals surface area (Å²) in [7, 11) is 0. The van der Waals surface area contributed by atoms with Crippen LogP contribution in [0.2, 0.25) is 0 Å². The quantitative estimate of drug-likeness (QED) is 0.948. The average molecular weight is 312 g/mol. The molecule has 3 heterocycles. The van der Waals surface area contributed by atoms with E-state index in [1.807, 2.05) is 35.4 Å². The van der Waals surface area contributed by atoms with Crippen LogP contribution in [0.3, 0.4) is 0 Å². The molecule has 4 rings (SSSR count). The van der Waals surface area contributed by atoms with E-state index in [4.69, 9.17) is 9.47 Å². The maximum Gasteiger partial charge on any atom is 0.227 e. The van der Waals surface area contributed by atoms with Gasteiger partial charge in [0, 0.05) is 18.4 Å². The molecule has 5 nitrogen and oxygen atoms in total. The lowest BCUT2D eigenvalue weighted by Gasteiger charge is -2.24. The molecule has 0 aliphatic carbocycles. The van der Waals surface area contributed by atoms with Gasteiger partial charge < -0.3 is 19.4 Å². The molecular weight excluding hydrogens is 292 g/mol. The van der Waals surface area contributed by atoms with Gasteiger partial charge in [-0.15, -0.1) is 0 Å². The molecule has 5 heteroatoms. The molecule has 2 aliphatic rings. The Morgan fingerprint density at radius 1 is 1.22 bits per heavy atom. The number of fused-ring (bicyclic) bond motifs is 1. The van der Waals surface area contributed by atoms with Crippen molar-refractivity contribution < 1.29 is 14.3 Å². The second kappa shape index (κ2) is 5.99. The number of amides is 1. The molecule has 1 saturated heterocycles. The van der Waals surface area contributed by atoms with E-state index in [0.29, 0.717) is 19.6 Å². The minimum atomic E-state index is 0.166. The van der Waals surface area contributed by atoms with Gasteiger partial charge in [-0.2, -0.15) is 0 Å². The van der Waals surface area contributed by atoms with Crippen LogP contribution in [0.25, 0.3) is 0 Å². The van der Waals surface area contributed by atoms with Gasteiger partial charge in [-0.3, -0.25) is 4.79 Å². The molecule has 0 bridgehead atoms. The maximum absolute atomic E-state index is 12.7. The summed E-state index contributed by atoms with van der Waals surface area (Å²) in [6.45, 7) is 1.97. The molecule has 0 spiro atoms. The maximum atomic E-state index is 12.7. The van der Waals surface area contributed by atoms with Crippen LogP contribution in [0.15, 0.2) is 36.5 Å². The molecule has 1 N–H and O–H groups in total. The fourth-order valence-corrected chi connectivity index (χ4v) is 3.41. The highest BCUT2D eigenvalue weighted by Gasteiger charge is 2.30. The van der Waals surface area contributed by atoms with E-state index in [1.165, 1.54) is 0 Å². The lowest BCUT2D eigenvalue weighted by Crippen LogP contribution is -2.32. The number of H-pyrrole nitrogens is 1. The van der Waals surface area contributed by atoms with E-state index >= 15 is 0 Å². The standard InChI is InChI=1S/C18H20N2O3/c21-18(20-8-2-4-15(20)14-3-1-7-19-14)12-13-5-6-16-17(11-13)23-10-9-22-16/h1,3,5-7,11,15,19H,2,4,8-10,12H2. The van der Waals surface area contributed by atoms with E-state index in [2.05, 4.69) is 11.1 Å². The summed E-state index contributed by atoms with van der Waals surface area (Å²) in [5, 5.41) is 0. The second-order valence-corrected chi connectivity index (χ2v) is 6.03. The van der Waals surface area contributed by atoms with Gasteiger partial charge in [-0.05, 0) is 42.7 Å². The zero-order valence-electron chi connectivity index (χ0n) is 13.0. The Morgan fingerprint density at radius 3 is 2.91 bits per heavy atom. The zero-order chi connectivity index (χ0) is 15.6. The number of aromatic nitrogens is 1. The van der Waals surface area contributed by atoms with Crippen molar-refractivity contribution in [3.05, 3.63) is 47.8 Å². The summed E-state index contributed by atoms with van der Waals surface area (Å²) in [5.41, 5.74) is 2.09. The van der Waals surface area contributed by atoms with Crippen LogP contribution in [0.1, 0.15) is 30.1 Å². The Kier molecular flexibility index (Phi) is 3.69. The van der Waals surface area contributed by atoms with Crippen LogP contribution < -0.4 is 9.47 Å². The van der Waals surface area contributed by atoms with Crippen LogP contribution >= 0.6 is 0 Å². The second-order valence-electron chi connectivity index (χ2n) is 6.03. The van der Waals surface area contributed by atoms with E-state index in [1.54, 1.807) is 0 Å². The number of carbonyl (C=O) groups is 1. The first-order valence-electron chi connectivity index (χ1n) is 8.12. The van der Waals surface area contributed by atoms with Crippen molar-refractivity contribution >= 4 is 5.91 Å². The summed E-state index contributed by atoms with van der Waals surface area (Å²) in [4.78, 5) is 18.0. The van der Waals surface area contributed by atoms with Crippen molar-refractivity contribution in [1.29, 1.82) is 0 Å². The number of carbonyl (C=O) groups excluding carboxylic acids is 1. The normalized spacial score (nSPS) is 19.8. The number of hydrogen-bond acceptors (Lipinski definition) is 3. The Balaban J connectivity index is 1.49. The SMILES string of the molecule is O=C(Cc1ccc2c(c1)OCCO2)N1CCCC1c1ccc[nH]1. The van der Waals surface area contributed by atoms with Gasteiger partial charge in [-0.1, -0.05) is 6.07 Å². The molecule has 1 aromatic carbocycles. The van der Waals surface area contributed by atoms with Crippen LogP contribution in [-0.4, -0.2) is 35.5 Å². The molecular formula is C18H20N2O3. The Labute approximate surface area is 135 Å². The predicted molar refractivity (Wildman–Crippen MR) is 85.6 cm³/mol. The number of hydrogen-bond donors (Lipinski definition) is 1. The number of benzene rings is 1. The Hall–Kier alpha value is -2.43. The van der Waals surface area contributed by atoms with Crippen molar-refractivity contribution in [2.24, 2.45) is 0 Å². The first-order chi connectivity index (χ1) is 11.3. The van der Waals surface area contributed by atoms with Crippen LogP contribution in [0.4, 0.5) is 0 Å². The summed E-state index contributed by atoms with van der Waals surface area (Å²) < 4.78 is 11.1. The van der Waals surface area contributed by atoms with Crippen molar-refractivity contribution in [2.45, 2.75) is 25.3 Å². The number of rotatable bonds is 3. The van der Waals surface area contributed by atoms with Gasteiger partial charge >= 0.3 is 0 Å². The highest BCUT2D eigenvalue weighted by molar-refractivity contribution is 5.79. The lowest BCUT2D eigenvalue weighted by molar-refractivity contribution is -0.131. The van der Waals surface area contributed by atoms with Gasteiger partial charge in [0.05, 0.1) is 12.5 Å². The van der Waals surface area contributed by atoms with Crippen molar-refractivity contribution in [1.82, 2.24) is 9.88 Å². The summed E-state index contributed by atoms with van der Waals surface area (Å²) >= 11 is 0. The minimum Gasteiger partial charge on any atom is -0.486 e. The number of aromatic amines is 1. The smallest absolute Gasteiger partial charge is 0.227 e. The average Bonchev–Trinajstić information content (AvgIpc) is 3.25. The molecule has 1 aromatic heterocycles. The molecule has 1 unspecified atom stereocenters. The van der Waals surface area contributed by atoms with Crippen LogP contribution in [0, 0.1) is 0 Å². The third kappa shape index (κ3) is 2.79. The van der Waals surface area contributed by atoms with Gasteiger partial charge in [-0.25, -0.2) is 0 Å². The fourth-order valence-electron chi connectivity index (χ4n) is 3.41. The van der Waals surface area contributed by atoms with Crippen LogP contribution in [0.5, 0.6) is 11.5 Å². The Bertz CT molecular complexity index is 696. The van der Waals surface area contributed by atoms with Crippen molar-refractivity contribution in [3.63, 3.8) is 0 Å². The molecule has 2 aromatic rings. The molecule has 120 valence electrons. The summed E-state index contributed by atoms with van der Waals surface area (Å²) in [6, 6.07) is 9.98. The first-order valence-corrected chi connectivity index (χ1v) is 8.12. The molecule has 2 aliphatic heterocycles. The summed E-state index contributed by atoms with van der Waals surface area (Å²) in [5.74, 6) is 1.67. The topological polar surface area (TPSA) is 54.6 Å². The highest BCUT2D eigenvalue weighted by Crippen LogP contribution is 2.33. The van der Waals surface area contributed by atoms with Crippen molar-refractivity contribution in [3.8, 4) is 11.5 Å². The fraction of sp³-hybridized carbons (Fsp3) is 0.389. The molecule has 23 heavy (non-hydrogen) atoms. The molecule has 1 fully saturated rings. The van der Waals surface area contributed by atoms with Crippen molar-refractivity contribution in [2.75, 3.05) is 19.8 Å².